The van der Waals surface area contributed by atoms with Crippen molar-refractivity contribution in [3.05, 3.63) is 35.3 Å². The normalized spacial score (nSPS) is 21.8. The second-order valence-electron chi connectivity index (χ2n) is 4.84. The van der Waals surface area contributed by atoms with Gasteiger partial charge in [-0.05, 0) is 31.2 Å². The highest BCUT2D eigenvalue weighted by Gasteiger charge is 2.34. The molecule has 104 valence electrons. The van der Waals surface area contributed by atoms with Crippen LogP contribution in [-0.2, 0) is 9.53 Å². The van der Waals surface area contributed by atoms with E-state index in [1.165, 1.54) is 0 Å². The molecule has 3 rings (SSSR count). The first-order valence-corrected chi connectivity index (χ1v) is 7.35. The lowest BCUT2D eigenvalue weighted by Gasteiger charge is -2.01. The number of methoxy groups -OCH3 is 1. The molecular weight excluding hydrogens is 274 g/mol. The number of thiazole rings is 1. The molecule has 0 saturated carbocycles. The maximum atomic E-state index is 11.7. The van der Waals surface area contributed by atoms with Gasteiger partial charge in [0.1, 0.15) is 22.8 Å². The van der Waals surface area contributed by atoms with Crippen molar-refractivity contribution in [2.24, 2.45) is 0 Å². The minimum atomic E-state index is -0.215. The van der Waals surface area contributed by atoms with E-state index in [1.54, 1.807) is 18.4 Å². The summed E-state index contributed by atoms with van der Waals surface area (Å²) in [6.45, 7) is 1.91. The van der Waals surface area contributed by atoms with E-state index in [-0.39, 0.29) is 18.0 Å². The average molecular weight is 289 g/mol. The van der Waals surface area contributed by atoms with E-state index >= 15 is 0 Å². The summed E-state index contributed by atoms with van der Waals surface area (Å²) >= 11 is 1.55. The SMILES string of the molecule is COc1ccc(-c2nc(C3CC(C)OC3=O)cs2)cc1. The highest BCUT2D eigenvalue weighted by Crippen LogP contribution is 2.34. The van der Waals surface area contributed by atoms with Gasteiger partial charge in [-0.2, -0.15) is 0 Å². The molecule has 20 heavy (non-hydrogen) atoms. The maximum Gasteiger partial charge on any atom is 0.315 e. The molecule has 1 aliphatic rings. The molecule has 1 aromatic heterocycles. The molecule has 2 heterocycles. The van der Waals surface area contributed by atoms with Crippen LogP contribution in [0.5, 0.6) is 5.75 Å². The largest absolute Gasteiger partial charge is 0.497 e. The number of cyclic esters (lactones) is 1. The van der Waals surface area contributed by atoms with Crippen LogP contribution in [0.15, 0.2) is 29.6 Å². The van der Waals surface area contributed by atoms with Crippen LogP contribution in [-0.4, -0.2) is 24.2 Å². The molecule has 0 radical (unpaired) electrons. The summed E-state index contributed by atoms with van der Waals surface area (Å²) in [5, 5.41) is 2.86. The Morgan fingerprint density at radius 1 is 1.35 bits per heavy atom. The first-order chi connectivity index (χ1) is 9.67. The number of nitrogens with zero attached hydrogens (tertiary/aromatic N) is 1. The predicted molar refractivity (Wildman–Crippen MR) is 77.0 cm³/mol. The van der Waals surface area contributed by atoms with Crippen LogP contribution in [0, 0.1) is 0 Å². The van der Waals surface area contributed by atoms with E-state index < -0.39 is 0 Å². The summed E-state index contributed by atoms with van der Waals surface area (Å²) in [4.78, 5) is 16.3. The second kappa shape index (κ2) is 5.25. The van der Waals surface area contributed by atoms with Crippen molar-refractivity contribution in [2.45, 2.75) is 25.4 Å². The highest BCUT2D eigenvalue weighted by molar-refractivity contribution is 7.13. The van der Waals surface area contributed by atoms with Crippen LogP contribution in [0.2, 0.25) is 0 Å². The van der Waals surface area contributed by atoms with Gasteiger partial charge in [0.25, 0.3) is 0 Å². The molecule has 0 aliphatic carbocycles. The zero-order valence-corrected chi connectivity index (χ0v) is 12.1. The molecule has 0 bridgehead atoms. The molecule has 2 atom stereocenters. The van der Waals surface area contributed by atoms with E-state index in [9.17, 15) is 4.79 Å². The van der Waals surface area contributed by atoms with Crippen LogP contribution < -0.4 is 4.74 Å². The van der Waals surface area contributed by atoms with E-state index in [1.807, 2.05) is 36.6 Å². The van der Waals surface area contributed by atoms with Gasteiger partial charge in [0.05, 0.1) is 12.8 Å². The molecule has 1 saturated heterocycles. The number of hydrogen-bond acceptors (Lipinski definition) is 5. The lowest BCUT2D eigenvalue weighted by molar-refractivity contribution is -0.142. The van der Waals surface area contributed by atoms with Crippen LogP contribution in [0.25, 0.3) is 10.6 Å². The molecule has 0 amide bonds. The van der Waals surface area contributed by atoms with Crippen molar-refractivity contribution in [2.75, 3.05) is 7.11 Å². The Morgan fingerprint density at radius 2 is 2.10 bits per heavy atom. The predicted octanol–water partition coefficient (Wildman–Crippen LogP) is 3.24. The Labute approximate surface area is 121 Å². The van der Waals surface area contributed by atoms with Gasteiger partial charge in [0, 0.05) is 17.4 Å². The second-order valence-corrected chi connectivity index (χ2v) is 5.70. The fourth-order valence-corrected chi connectivity index (χ4v) is 3.19. The van der Waals surface area contributed by atoms with Gasteiger partial charge in [-0.25, -0.2) is 4.98 Å². The van der Waals surface area contributed by atoms with Crippen LogP contribution in [0.4, 0.5) is 0 Å². The summed E-state index contributed by atoms with van der Waals surface area (Å²) in [7, 11) is 1.64. The molecule has 2 aromatic rings. The lowest BCUT2D eigenvalue weighted by atomic mass is 10.0. The summed E-state index contributed by atoms with van der Waals surface area (Å²) in [6.07, 6.45) is 0.698. The number of hydrogen-bond donors (Lipinski definition) is 0. The number of carbonyl (C=O) groups excluding carboxylic acids is 1. The van der Waals surface area contributed by atoms with Gasteiger partial charge < -0.3 is 9.47 Å². The van der Waals surface area contributed by atoms with Gasteiger partial charge in [-0.1, -0.05) is 0 Å². The first-order valence-electron chi connectivity index (χ1n) is 6.47. The average Bonchev–Trinajstić information content (AvgIpc) is 3.05. The first kappa shape index (κ1) is 13.1. The maximum absolute atomic E-state index is 11.7. The molecule has 1 aromatic carbocycles. The van der Waals surface area contributed by atoms with E-state index in [4.69, 9.17) is 9.47 Å². The Hall–Kier alpha value is -1.88. The topological polar surface area (TPSA) is 48.4 Å². The minimum Gasteiger partial charge on any atom is -0.497 e. The lowest BCUT2D eigenvalue weighted by Crippen LogP contribution is -2.05. The van der Waals surface area contributed by atoms with Crippen LogP contribution in [0.1, 0.15) is 25.0 Å². The van der Waals surface area contributed by atoms with Crippen molar-refractivity contribution in [1.29, 1.82) is 0 Å². The molecule has 2 unspecified atom stereocenters. The zero-order chi connectivity index (χ0) is 14.1. The number of carbonyl (C=O) groups is 1. The smallest absolute Gasteiger partial charge is 0.315 e. The van der Waals surface area contributed by atoms with Crippen LogP contribution >= 0.6 is 11.3 Å². The van der Waals surface area contributed by atoms with Crippen molar-refractivity contribution in [3.8, 4) is 16.3 Å². The highest BCUT2D eigenvalue weighted by atomic mass is 32.1. The molecule has 1 aliphatic heterocycles. The third-order valence-electron chi connectivity index (χ3n) is 3.39. The third-order valence-corrected chi connectivity index (χ3v) is 4.30. The Morgan fingerprint density at radius 3 is 2.70 bits per heavy atom. The molecule has 4 nitrogen and oxygen atoms in total. The Balaban J connectivity index is 1.84. The molecule has 1 fully saturated rings. The number of rotatable bonds is 3. The summed E-state index contributed by atoms with van der Waals surface area (Å²) in [5.41, 5.74) is 1.84. The van der Waals surface area contributed by atoms with Gasteiger partial charge in [0.2, 0.25) is 0 Å². The fraction of sp³-hybridized carbons (Fsp3) is 0.333. The zero-order valence-electron chi connectivity index (χ0n) is 11.3. The molecular formula is C15H15NO3S. The fourth-order valence-electron chi connectivity index (χ4n) is 2.31. The number of benzene rings is 1. The van der Waals surface area contributed by atoms with Gasteiger partial charge in [-0.3, -0.25) is 4.79 Å². The molecule has 0 N–H and O–H groups in total. The molecule has 0 spiro atoms. The third kappa shape index (κ3) is 2.41. The Kier molecular flexibility index (Phi) is 3.44. The quantitative estimate of drug-likeness (QED) is 0.814. The summed E-state index contributed by atoms with van der Waals surface area (Å²) < 4.78 is 10.3. The number of aromatic nitrogens is 1. The van der Waals surface area contributed by atoms with Crippen molar-refractivity contribution < 1.29 is 14.3 Å². The summed E-state index contributed by atoms with van der Waals surface area (Å²) in [5.74, 6) is 0.441. The monoisotopic (exact) mass is 289 g/mol. The van der Waals surface area contributed by atoms with Gasteiger partial charge >= 0.3 is 5.97 Å². The van der Waals surface area contributed by atoms with Crippen molar-refractivity contribution in [1.82, 2.24) is 4.98 Å². The van der Waals surface area contributed by atoms with E-state index in [2.05, 4.69) is 4.98 Å². The van der Waals surface area contributed by atoms with E-state index in [0.717, 1.165) is 22.0 Å². The number of ether oxygens (including phenoxy) is 2. The van der Waals surface area contributed by atoms with E-state index in [0.29, 0.717) is 6.42 Å². The van der Waals surface area contributed by atoms with Crippen molar-refractivity contribution in [3.63, 3.8) is 0 Å². The van der Waals surface area contributed by atoms with Crippen molar-refractivity contribution >= 4 is 17.3 Å². The standard InChI is InChI=1S/C15H15NO3S/c1-9-7-12(15(17)19-9)13-8-20-14(16-13)10-3-5-11(18-2)6-4-10/h3-6,8-9,12H,7H2,1-2H3. The Bertz CT molecular complexity index is 620. The summed E-state index contributed by atoms with van der Waals surface area (Å²) in [6, 6.07) is 7.75. The van der Waals surface area contributed by atoms with Gasteiger partial charge in [0.15, 0.2) is 0 Å². The minimum absolute atomic E-state index is 0.0152. The molecule has 5 heteroatoms. The number of esters is 1. The van der Waals surface area contributed by atoms with Gasteiger partial charge in [-0.15, -0.1) is 11.3 Å². The van der Waals surface area contributed by atoms with Crippen LogP contribution in [0.3, 0.4) is 0 Å².